The molecule has 0 fully saturated rings. The normalized spacial score (nSPS) is 12.9. The minimum absolute atomic E-state index is 0. The molecule has 2 rings (SSSR count). The van der Waals surface area contributed by atoms with E-state index in [-0.39, 0.29) is 29.9 Å². The highest BCUT2D eigenvalue weighted by Gasteiger charge is 2.19. The lowest BCUT2D eigenvalue weighted by atomic mass is 10.2. The molecule has 7 heteroatoms. The molecule has 1 atom stereocenters. The Balaban J connectivity index is 0.00000180. The van der Waals surface area contributed by atoms with Crippen molar-refractivity contribution >= 4 is 33.3 Å². The van der Waals surface area contributed by atoms with E-state index in [9.17, 15) is 8.42 Å². The number of halogens is 1. The number of aromatic nitrogens is 1. The van der Waals surface area contributed by atoms with Gasteiger partial charge >= 0.3 is 0 Å². The molecule has 0 aliphatic heterocycles. The van der Waals surface area contributed by atoms with E-state index in [1.165, 1.54) is 0 Å². The second kappa shape index (κ2) is 6.29. The summed E-state index contributed by atoms with van der Waals surface area (Å²) in [5.41, 5.74) is 6.08. The van der Waals surface area contributed by atoms with Gasteiger partial charge in [0.05, 0.1) is 10.4 Å². The van der Waals surface area contributed by atoms with Crippen molar-refractivity contribution in [3.05, 3.63) is 36.5 Å². The van der Waals surface area contributed by atoms with E-state index in [2.05, 4.69) is 9.71 Å². The molecule has 0 aliphatic carbocycles. The average Bonchev–Trinajstić information content (AvgIpc) is 2.37. The van der Waals surface area contributed by atoms with Gasteiger partial charge in [0.25, 0.3) is 0 Å². The van der Waals surface area contributed by atoms with E-state index < -0.39 is 10.0 Å². The number of nitrogens with one attached hydrogen (secondary N) is 1. The van der Waals surface area contributed by atoms with Crippen LogP contribution in [-0.4, -0.2) is 26.0 Å². The number of rotatable bonds is 4. The third kappa shape index (κ3) is 3.42. The molecule has 1 heterocycles. The lowest BCUT2D eigenvalue weighted by molar-refractivity contribution is 0.563. The second-order valence-corrected chi connectivity index (χ2v) is 5.77. The van der Waals surface area contributed by atoms with Crippen LogP contribution in [0.1, 0.15) is 6.92 Å². The molecule has 0 aliphatic rings. The van der Waals surface area contributed by atoms with E-state index in [0.29, 0.717) is 10.9 Å². The zero-order valence-corrected chi connectivity index (χ0v) is 12.0. The predicted octanol–water partition coefficient (Wildman–Crippen LogP) is 1.28. The fraction of sp³-hybridized carbons (Fsp3) is 0.250. The Morgan fingerprint density at radius 3 is 2.74 bits per heavy atom. The fourth-order valence-electron chi connectivity index (χ4n) is 1.69. The van der Waals surface area contributed by atoms with Crippen molar-refractivity contribution in [2.24, 2.45) is 5.73 Å². The highest BCUT2D eigenvalue weighted by molar-refractivity contribution is 7.89. The molecule has 0 amide bonds. The first-order chi connectivity index (χ1) is 8.54. The summed E-state index contributed by atoms with van der Waals surface area (Å²) in [7, 11) is -3.57. The van der Waals surface area contributed by atoms with Gasteiger partial charge in [0, 0.05) is 24.2 Å². The molecule has 1 aromatic carbocycles. The maximum atomic E-state index is 12.2. The zero-order valence-electron chi connectivity index (χ0n) is 10.4. The smallest absolute Gasteiger partial charge is 0.241 e. The minimum atomic E-state index is -3.57. The Morgan fingerprint density at radius 2 is 2.05 bits per heavy atom. The predicted molar refractivity (Wildman–Crippen MR) is 77.8 cm³/mol. The Labute approximate surface area is 118 Å². The maximum Gasteiger partial charge on any atom is 0.241 e. The fourth-order valence-corrected chi connectivity index (χ4v) is 3.16. The number of hydrogen-bond donors (Lipinski definition) is 2. The summed E-state index contributed by atoms with van der Waals surface area (Å²) >= 11 is 0. The number of benzene rings is 1. The molecule has 0 saturated heterocycles. The minimum Gasteiger partial charge on any atom is -0.329 e. The molecule has 2 aromatic rings. The van der Waals surface area contributed by atoms with E-state index in [0.717, 1.165) is 0 Å². The molecule has 0 saturated carbocycles. The Kier molecular flexibility index (Phi) is 5.25. The van der Waals surface area contributed by atoms with Gasteiger partial charge in [-0.15, -0.1) is 12.4 Å². The standard InChI is InChI=1S/C12H15N3O2S.ClH/c1-9(8-13)15-18(16,17)12-6-2-5-11-10(12)4-3-7-14-11;/h2-7,9,15H,8,13H2,1H3;1H/t9-;/m1./s1. The molecule has 1 aromatic heterocycles. The summed E-state index contributed by atoms with van der Waals surface area (Å²) in [5, 5.41) is 0.608. The molecule has 0 spiro atoms. The van der Waals surface area contributed by atoms with Gasteiger partial charge in [0.2, 0.25) is 10.0 Å². The van der Waals surface area contributed by atoms with Crippen molar-refractivity contribution in [3.63, 3.8) is 0 Å². The lowest BCUT2D eigenvalue weighted by Crippen LogP contribution is -2.37. The molecular weight excluding hydrogens is 286 g/mol. The quantitative estimate of drug-likeness (QED) is 0.891. The van der Waals surface area contributed by atoms with Crippen molar-refractivity contribution < 1.29 is 8.42 Å². The van der Waals surface area contributed by atoms with Gasteiger partial charge in [-0.2, -0.15) is 0 Å². The van der Waals surface area contributed by atoms with Crippen LogP contribution in [0, 0.1) is 0 Å². The largest absolute Gasteiger partial charge is 0.329 e. The number of sulfonamides is 1. The van der Waals surface area contributed by atoms with Crippen molar-refractivity contribution in [2.75, 3.05) is 6.54 Å². The zero-order chi connectivity index (χ0) is 13.2. The first kappa shape index (κ1) is 15.8. The Hall–Kier alpha value is -1.21. The van der Waals surface area contributed by atoms with Crippen LogP contribution >= 0.6 is 12.4 Å². The van der Waals surface area contributed by atoms with Gasteiger partial charge in [-0.25, -0.2) is 13.1 Å². The van der Waals surface area contributed by atoms with Crippen molar-refractivity contribution in [1.29, 1.82) is 0 Å². The van der Waals surface area contributed by atoms with Gasteiger partial charge in [0.15, 0.2) is 0 Å². The summed E-state index contributed by atoms with van der Waals surface area (Å²) in [4.78, 5) is 4.37. The second-order valence-electron chi connectivity index (χ2n) is 4.08. The molecular formula is C12H16ClN3O2S. The van der Waals surface area contributed by atoms with Gasteiger partial charge < -0.3 is 5.73 Å². The van der Waals surface area contributed by atoms with Crippen LogP contribution < -0.4 is 10.5 Å². The molecule has 5 nitrogen and oxygen atoms in total. The lowest BCUT2D eigenvalue weighted by Gasteiger charge is -2.13. The number of nitrogens with two attached hydrogens (primary N) is 1. The van der Waals surface area contributed by atoms with Crippen LogP contribution in [0.25, 0.3) is 10.9 Å². The summed E-state index contributed by atoms with van der Waals surface area (Å²) in [5.74, 6) is 0. The third-order valence-electron chi connectivity index (χ3n) is 2.61. The Bertz CT molecular complexity index is 656. The van der Waals surface area contributed by atoms with E-state index in [4.69, 9.17) is 5.73 Å². The summed E-state index contributed by atoms with van der Waals surface area (Å²) in [6, 6.07) is 8.17. The average molecular weight is 302 g/mol. The van der Waals surface area contributed by atoms with E-state index in [1.807, 2.05) is 0 Å². The van der Waals surface area contributed by atoms with Crippen molar-refractivity contribution in [1.82, 2.24) is 9.71 Å². The van der Waals surface area contributed by atoms with Gasteiger partial charge in [-0.1, -0.05) is 6.07 Å². The van der Waals surface area contributed by atoms with E-state index in [1.54, 1.807) is 43.5 Å². The van der Waals surface area contributed by atoms with Crippen LogP contribution in [0.3, 0.4) is 0 Å². The van der Waals surface area contributed by atoms with Crippen LogP contribution in [0.4, 0.5) is 0 Å². The van der Waals surface area contributed by atoms with Gasteiger partial charge in [-0.3, -0.25) is 4.98 Å². The van der Waals surface area contributed by atoms with Gasteiger partial charge in [-0.05, 0) is 31.2 Å². The monoisotopic (exact) mass is 301 g/mol. The highest BCUT2D eigenvalue weighted by Crippen LogP contribution is 2.21. The van der Waals surface area contributed by atoms with Crippen molar-refractivity contribution in [2.45, 2.75) is 17.9 Å². The molecule has 104 valence electrons. The summed E-state index contributed by atoms with van der Waals surface area (Å²) in [6.07, 6.45) is 1.63. The summed E-state index contributed by atoms with van der Waals surface area (Å²) in [6.45, 7) is 1.98. The molecule has 0 radical (unpaired) electrons. The Morgan fingerprint density at radius 1 is 1.32 bits per heavy atom. The number of hydrogen-bond acceptors (Lipinski definition) is 4. The number of pyridine rings is 1. The molecule has 19 heavy (non-hydrogen) atoms. The van der Waals surface area contributed by atoms with Crippen LogP contribution in [-0.2, 0) is 10.0 Å². The third-order valence-corrected chi connectivity index (χ3v) is 4.25. The van der Waals surface area contributed by atoms with E-state index >= 15 is 0 Å². The summed E-state index contributed by atoms with van der Waals surface area (Å²) < 4.78 is 27.0. The topological polar surface area (TPSA) is 85.1 Å². The first-order valence-electron chi connectivity index (χ1n) is 5.61. The van der Waals surface area contributed by atoms with Gasteiger partial charge in [0.1, 0.15) is 0 Å². The maximum absolute atomic E-state index is 12.2. The molecule has 0 unspecified atom stereocenters. The first-order valence-corrected chi connectivity index (χ1v) is 7.09. The van der Waals surface area contributed by atoms with Crippen LogP contribution in [0.5, 0.6) is 0 Å². The number of nitrogens with zero attached hydrogens (tertiary/aromatic N) is 1. The highest BCUT2D eigenvalue weighted by atomic mass is 35.5. The van der Waals surface area contributed by atoms with Crippen LogP contribution in [0.15, 0.2) is 41.4 Å². The molecule has 3 N–H and O–H groups in total. The SMILES string of the molecule is C[C@H](CN)NS(=O)(=O)c1cccc2ncccc12.Cl. The van der Waals surface area contributed by atoms with Crippen LogP contribution in [0.2, 0.25) is 0 Å². The number of fused-ring (bicyclic) bond motifs is 1. The molecule has 0 bridgehead atoms. The van der Waals surface area contributed by atoms with Crippen molar-refractivity contribution in [3.8, 4) is 0 Å².